The number of rotatable bonds is 3. The Hall–Kier alpha value is -1.16. The van der Waals surface area contributed by atoms with E-state index in [2.05, 4.69) is 9.97 Å². The fraction of sp³-hybridized carbons (Fsp3) is 0.429. The summed E-state index contributed by atoms with van der Waals surface area (Å²) in [4.78, 5) is 7.78. The zero-order valence-electron chi connectivity index (χ0n) is 6.57. The van der Waals surface area contributed by atoms with Crippen molar-refractivity contribution in [3.8, 4) is 5.75 Å². The van der Waals surface area contributed by atoms with Crippen molar-refractivity contribution < 1.29 is 9.47 Å². The highest BCUT2D eigenvalue weighted by Crippen LogP contribution is 2.12. The van der Waals surface area contributed by atoms with Gasteiger partial charge in [0.05, 0.1) is 19.9 Å². The van der Waals surface area contributed by atoms with E-state index < -0.39 is 0 Å². The van der Waals surface area contributed by atoms with Gasteiger partial charge in [0.25, 0.3) is 0 Å². The van der Waals surface area contributed by atoms with Crippen LogP contribution in [0, 0.1) is 0 Å². The van der Waals surface area contributed by atoms with E-state index in [-0.39, 0.29) is 0 Å². The second-order valence-corrected chi connectivity index (χ2v) is 1.97. The van der Waals surface area contributed by atoms with Crippen molar-refractivity contribution in [2.75, 3.05) is 14.2 Å². The molecule has 11 heavy (non-hydrogen) atoms. The van der Waals surface area contributed by atoms with Crippen LogP contribution < -0.4 is 4.74 Å². The Morgan fingerprint density at radius 3 is 2.91 bits per heavy atom. The summed E-state index contributed by atoms with van der Waals surface area (Å²) in [6.45, 7) is 0.450. The molecule has 0 aromatic carbocycles. The molecule has 0 aliphatic rings. The van der Waals surface area contributed by atoms with E-state index in [9.17, 15) is 0 Å². The molecule has 4 heteroatoms. The summed E-state index contributed by atoms with van der Waals surface area (Å²) >= 11 is 0. The van der Waals surface area contributed by atoms with Crippen LogP contribution in [0.3, 0.4) is 0 Å². The molecule has 1 rings (SSSR count). The summed E-state index contributed by atoms with van der Waals surface area (Å²) in [5, 5.41) is 0. The smallest absolute Gasteiger partial charge is 0.161 e. The van der Waals surface area contributed by atoms with Gasteiger partial charge in [-0.3, -0.25) is 0 Å². The van der Waals surface area contributed by atoms with Crippen LogP contribution in [-0.4, -0.2) is 24.2 Å². The van der Waals surface area contributed by atoms with Gasteiger partial charge in [0.1, 0.15) is 12.0 Å². The maximum Gasteiger partial charge on any atom is 0.161 e. The van der Waals surface area contributed by atoms with E-state index in [1.807, 2.05) is 0 Å². The molecule has 0 N–H and O–H groups in total. The second-order valence-electron chi connectivity index (χ2n) is 1.97. The van der Waals surface area contributed by atoms with Gasteiger partial charge in [-0.15, -0.1) is 0 Å². The molecule has 0 saturated heterocycles. The molecule has 0 amide bonds. The molecule has 60 valence electrons. The van der Waals surface area contributed by atoms with E-state index in [4.69, 9.17) is 9.47 Å². The monoisotopic (exact) mass is 154 g/mol. The summed E-state index contributed by atoms with van der Waals surface area (Å²) in [6, 6.07) is 0. The van der Waals surface area contributed by atoms with Crippen LogP contribution in [0.1, 0.15) is 5.69 Å². The minimum absolute atomic E-state index is 0.450. The molecule has 0 aliphatic heterocycles. The molecule has 1 aromatic heterocycles. The third-order valence-electron chi connectivity index (χ3n) is 1.26. The van der Waals surface area contributed by atoms with Gasteiger partial charge in [0.2, 0.25) is 0 Å². The molecule has 0 fully saturated rings. The van der Waals surface area contributed by atoms with E-state index in [0.717, 1.165) is 5.69 Å². The van der Waals surface area contributed by atoms with Crippen molar-refractivity contribution in [3.63, 3.8) is 0 Å². The van der Waals surface area contributed by atoms with Crippen molar-refractivity contribution in [3.05, 3.63) is 18.2 Å². The molecule has 0 spiro atoms. The zero-order valence-corrected chi connectivity index (χ0v) is 6.57. The number of methoxy groups -OCH3 is 2. The van der Waals surface area contributed by atoms with Gasteiger partial charge in [-0.25, -0.2) is 9.97 Å². The minimum atomic E-state index is 0.450. The Morgan fingerprint density at radius 2 is 2.27 bits per heavy atom. The molecule has 0 bridgehead atoms. The lowest BCUT2D eigenvalue weighted by molar-refractivity contribution is 0.177. The van der Waals surface area contributed by atoms with E-state index in [0.29, 0.717) is 12.4 Å². The highest BCUT2D eigenvalue weighted by Gasteiger charge is 2.01. The Bertz CT molecular complexity index is 227. The van der Waals surface area contributed by atoms with Crippen LogP contribution in [0.25, 0.3) is 0 Å². The quantitative estimate of drug-likeness (QED) is 0.640. The maximum atomic E-state index is 4.99. The van der Waals surface area contributed by atoms with Gasteiger partial charge in [-0.05, 0) is 0 Å². The van der Waals surface area contributed by atoms with Crippen LogP contribution in [0.2, 0.25) is 0 Å². The summed E-state index contributed by atoms with van der Waals surface area (Å²) in [5.74, 6) is 0.661. The van der Waals surface area contributed by atoms with Crippen molar-refractivity contribution in [2.45, 2.75) is 6.61 Å². The van der Waals surface area contributed by atoms with E-state index >= 15 is 0 Å². The Morgan fingerprint density at radius 1 is 1.45 bits per heavy atom. The van der Waals surface area contributed by atoms with Crippen LogP contribution in [-0.2, 0) is 11.3 Å². The third kappa shape index (κ3) is 1.88. The fourth-order valence-electron chi connectivity index (χ4n) is 0.758. The SMILES string of the molecule is COCc1ncncc1OC. The first-order valence-corrected chi connectivity index (χ1v) is 3.20. The molecule has 0 atom stereocenters. The van der Waals surface area contributed by atoms with Crippen molar-refractivity contribution in [1.82, 2.24) is 9.97 Å². The van der Waals surface area contributed by atoms with Gasteiger partial charge < -0.3 is 9.47 Å². The first-order valence-electron chi connectivity index (χ1n) is 3.20. The van der Waals surface area contributed by atoms with E-state index in [1.54, 1.807) is 20.4 Å². The topological polar surface area (TPSA) is 44.2 Å². The molecule has 1 heterocycles. The standard InChI is InChI=1S/C7H10N2O2/c1-10-4-6-7(11-2)3-8-5-9-6/h3,5H,4H2,1-2H3. The average molecular weight is 154 g/mol. The summed E-state index contributed by atoms with van der Waals surface area (Å²) < 4.78 is 9.89. The second kappa shape index (κ2) is 3.88. The molecule has 4 nitrogen and oxygen atoms in total. The lowest BCUT2D eigenvalue weighted by Crippen LogP contribution is -1.97. The summed E-state index contributed by atoms with van der Waals surface area (Å²) in [6.07, 6.45) is 3.08. The van der Waals surface area contributed by atoms with Gasteiger partial charge in [-0.2, -0.15) is 0 Å². The Balaban J connectivity index is 2.83. The predicted octanol–water partition coefficient (Wildman–Crippen LogP) is 0.632. The maximum absolute atomic E-state index is 4.99. The average Bonchev–Trinajstić information content (AvgIpc) is 2.06. The summed E-state index contributed by atoms with van der Waals surface area (Å²) in [5.41, 5.74) is 0.769. The van der Waals surface area contributed by atoms with Crippen molar-refractivity contribution in [1.29, 1.82) is 0 Å². The Labute approximate surface area is 65.2 Å². The number of aromatic nitrogens is 2. The van der Waals surface area contributed by atoms with Crippen LogP contribution in [0.4, 0.5) is 0 Å². The molecular weight excluding hydrogens is 144 g/mol. The molecule has 0 aliphatic carbocycles. The number of ether oxygens (including phenoxy) is 2. The van der Waals surface area contributed by atoms with Crippen LogP contribution >= 0.6 is 0 Å². The largest absolute Gasteiger partial charge is 0.493 e. The van der Waals surface area contributed by atoms with Gasteiger partial charge in [-0.1, -0.05) is 0 Å². The van der Waals surface area contributed by atoms with E-state index in [1.165, 1.54) is 6.33 Å². The fourth-order valence-corrected chi connectivity index (χ4v) is 0.758. The molecule has 1 aromatic rings. The normalized spacial score (nSPS) is 9.64. The lowest BCUT2D eigenvalue weighted by Gasteiger charge is -2.03. The van der Waals surface area contributed by atoms with Gasteiger partial charge in [0, 0.05) is 7.11 Å². The predicted molar refractivity (Wildman–Crippen MR) is 39.3 cm³/mol. The van der Waals surface area contributed by atoms with Gasteiger partial charge in [0.15, 0.2) is 5.75 Å². The van der Waals surface area contributed by atoms with Crippen LogP contribution in [0.15, 0.2) is 12.5 Å². The molecule has 0 radical (unpaired) electrons. The number of hydrogen-bond acceptors (Lipinski definition) is 4. The van der Waals surface area contributed by atoms with Crippen LogP contribution in [0.5, 0.6) is 5.75 Å². The number of nitrogens with zero attached hydrogens (tertiary/aromatic N) is 2. The Kier molecular flexibility index (Phi) is 2.80. The number of hydrogen-bond donors (Lipinski definition) is 0. The zero-order chi connectivity index (χ0) is 8.10. The highest BCUT2D eigenvalue weighted by molar-refractivity contribution is 5.22. The lowest BCUT2D eigenvalue weighted by atomic mass is 10.4. The van der Waals surface area contributed by atoms with Crippen molar-refractivity contribution >= 4 is 0 Å². The molecule has 0 unspecified atom stereocenters. The molecule has 0 saturated carbocycles. The highest BCUT2D eigenvalue weighted by atomic mass is 16.5. The first-order chi connectivity index (χ1) is 5.38. The van der Waals surface area contributed by atoms with Crippen molar-refractivity contribution in [2.24, 2.45) is 0 Å². The first kappa shape index (κ1) is 7.94. The molecular formula is C7H10N2O2. The minimum Gasteiger partial charge on any atom is -0.493 e. The third-order valence-corrected chi connectivity index (χ3v) is 1.26. The van der Waals surface area contributed by atoms with Gasteiger partial charge >= 0.3 is 0 Å². The summed E-state index contributed by atoms with van der Waals surface area (Å²) in [7, 11) is 3.19.